The Balaban J connectivity index is 1.31. The first-order valence-corrected chi connectivity index (χ1v) is 15.0. The first-order chi connectivity index (χ1) is 22.1. The lowest BCUT2D eigenvalue weighted by Crippen LogP contribution is -2.39. The number of nitrogens with one attached hydrogen (secondary N) is 3. The summed E-state index contributed by atoms with van der Waals surface area (Å²) in [7, 11) is 1.54. The average Bonchev–Trinajstić information content (AvgIpc) is 3.75. The fourth-order valence-electron chi connectivity index (χ4n) is 5.46. The summed E-state index contributed by atoms with van der Waals surface area (Å²) in [5, 5.41) is 6.88. The van der Waals surface area contributed by atoms with Gasteiger partial charge in [-0.3, -0.25) is 9.59 Å². The number of carbonyl (C=O) groups excluding carboxylic acids is 2. The van der Waals surface area contributed by atoms with Crippen LogP contribution in [0.15, 0.2) is 107 Å². The molecule has 5 aromatic rings. The number of furan rings is 1. The zero-order chi connectivity index (χ0) is 32.6. The fourth-order valence-corrected chi connectivity index (χ4v) is 5.69. The second-order valence-electron chi connectivity index (χ2n) is 11.2. The Hall–Kier alpha value is -5.25. The first kappa shape index (κ1) is 30.8. The number of benzene rings is 4. The largest absolute Gasteiger partial charge is 0.455 e. The summed E-state index contributed by atoms with van der Waals surface area (Å²) in [6, 6.07) is 24.0. The van der Waals surface area contributed by atoms with Gasteiger partial charge >= 0.3 is 0 Å². The van der Waals surface area contributed by atoms with Crippen molar-refractivity contribution in [3.05, 3.63) is 130 Å². The van der Waals surface area contributed by atoms with Crippen molar-refractivity contribution in [1.29, 1.82) is 0 Å². The Morgan fingerprint density at radius 3 is 2.37 bits per heavy atom. The minimum atomic E-state index is -0.708. The maximum Gasteiger partial charge on any atom is 0.255 e. The smallest absolute Gasteiger partial charge is 0.255 e. The number of aliphatic imine (C=N–C) groups is 1. The lowest BCUT2D eigenvalue weighted by Gasteiger charge is -2.19. The Morgan fingerprint density at radius 1 is 0.978 bits per heavy atom. The molecule has 10 heteroatoms. The summed E-state index contributed by atoms with van der Waals surface area (Å²) >= 11 is 6.34. The van der Waals surface area contributed by atoms with E-state index in [4.69, 9.17) is 21.9 Å². The molecule has 0 unspecified atom stereocenters. The summed E-state index contributed by atoms with van der Waals surface area (Å²) in [6.07, 6.45) is 1.35. The van der Waals surface area contributed by atoms with Gasteiger partial charge in [0.15, 0.2) is 0 Å². The molecule has 2 amide bonds. The van der Waals surface area contributed by atoms with Crippen LogP contribution in [-0.4, -0.2) is 30.2 Å². The summed E-state index contributed by atoms with van der Waals surface area (Å²) in [5.41, 5.74) is 7.40. The quantitative estimate of drug-likeness (QED) is 0.0639. The molecule has 0 radical (unpaired) electrons. The van der Waals surface area contributed by atoms with Gasteiger partial charge in [0.25, 0.3) is 11.8 Å². The number of hydrazine groups is 1. The minimum absolute atomic E-state index is 0.274. The molecule has 1 aliphatic rings. The van der Waals surface area contributed by atoms with Crippen molar-refractivity contribution in [1.82, 2.24) is 16.1 Å². The average molecular weight is 636 g/mol. The Kier molecular flexibility index (Phi) is 8.20. The number of hydrogen-bond donors (Lipinski definition) is 4. The predicted octanol–water partition coefficient (Wildman–Crippen LogP) is 6.91. The normalized spacial score (nSPS) is 13.7. The number of hydrogen-bond acceptors (Lipinski definition) is 5. The standard InChI is InChI=1S/C36H31ClFN5O3/c1-20-8-9-24(34(44)42-36(16-17-36)21(2)41-33(43-39)26-6-4-5-7-29(26)37)19-27(20)23-12-15-30-28(18-23)31(35(45)40-3)32(46-30)22-10-13-25(38)14-11-22/h4-15,18-19H,2,16-17,39H2,1,3H3,(H,40,45)(H,41,43)(H,42,44). The third-order valence-electron chi connectivity index (χ3n) is 8.23. The van der Waals surface area contributed by atoms with Crippen LogP contribution in [0.25, 0.3) is 33.4 Å². The van der Waals surface area contributed by atoms with Gasteiger partial charge in [0.1, 0.15) is 23.0 Å². The third kappa shape index (κ3) is 5.78. The number of nitrogens with zero attached hydrogens (tertiary/aromatic N) is 1. The number of nitrogens with two attached hydrogens (primary N) is 1. The highest BCUT2D eigenvalue weighted by Crippen LogP contribution is 2.43. The Bertz CT molecular complexity index is 2050. The van der Waals surface area contributed by atoms with Crippen LogP contribution in [-0.2, 0) is 0 Å². The number of amides is 2. The Morgan fingerprint density at radius 2 is 1.70 bits per heavy atom. The van der Waals surface area contributed by atoms with E-state index in [-0.39, 0.29) is 17.6 Å². The highest BCUT2D eigenvalue weighted by atomic mass is 35.5. The van der Waals surface area contributed by atoms with Crippen molar-refractivity contribution >= 4 is 40.2 Å². The van der Waals surface area contributed by atoms with Gasteiger partial charge < -0.3 is 20.5 Å². The molecule has 0 aliphatic heterocycles. The van der Waals surface area contributed by atoms with Crippen LogP contribution in [0.4, 0.5) is 4.39 Å². The second-order valence-corrected chi connectivity index (χ2v) is 11.6. The molecular formula is C36H31ClFN5O3. The van der Waals surface area contributed by atoms with E-state index in [1.165, 1.54) is 12.1 Å². The van der Waals surface area contributed by atoms with Crippen LogP contribution < -0.4 is 21.9 Å². The molecule has 1 aliphatic carbocycles. The molecule has 8 nitrogen and oxygen atoms in total. The molecule has 1 saturated carbocycles. The topological polar surface area (TPSA) is 122 Å². The maximum absolute atomic E-state index is 13.6. The van der Waals surface area contributed by atoms with Gasteiger partial charge in [0, 0.05) is 29.1 Å². The maximum atomic E-state index is 13.6. The molecule has 6 rings (SSSR count). The first-order valence-electron chi connectivity index (χ1n) is 14.6. The summed E-state index contributed by atoms with van der Waals surface area (Å²) in [6.45, 7) is 6.10. The molecule has 0 spiro atoms. The van der Waals surface area contributed by atoms with Crippen LogP contribution >= 0.6 is 11.6 Å². The molecule has 0 atom stereocenters. The van der Waals surface area contributed by atoms with E-state index in [0.717, 1.165) is 16.7 Å². The van der Waals surface area contributed by atoms with Gasteiger partial charge in [0.05, 0.1) is 21.8 Å². The van der Waals surface area contributed by atoms with Crippen LogP contribution in [0.5, 0.6) is 0 Å². The molecular weight excluding hydrogens is 605 g/mol. The highest BCUT2D eigenvalue weighted by molar-refractivity contribution is 6.34. The summed E-state index contributed by atoms with van der Waals surface area (Å²) in [5.74, 6) is 5.46. The van der Waals surface area contributed by atoms with Crippen LogP contribution in [0.3, 0.4) is 0 Å². The van der Waals surface area contributed by atoms with E-state index in [2.05, 4.69) is 27.6 Å². The van der Waals surface area contributed by atoms with E-state index >= 15 is 0 Å². The van der Waals surface area contributed by atoms with Gasteiger partial charge in [-0.1, -0.05) is 42.4 Å². The van der Waals surface area contributed by atoms with Crippen molar-refractivity contribution in [2.24, 2.45) is 10.8 Å². The van der Waals surface area contributed by atoms with Gasteiger partial charge in [-0.05, 0) is 97.1 Å². The lowest BCUT2D eigenvalue weighted by atomic mass is 9.95. The fraction of sp³-hybridized carbons (Fsp3) is 0.139. The van der Waals surface area contributed by atoms with Crippen LogP contribution in [0.1, 0.15) is 44.7 Å². The molecule has 0 saturated heterocycles. The number of aryl methyl sites for hydroxylation is 1. The number of carbonyl (C=O) groups is 2. The molecule has 0 bridgehead atoms. The summed E-state index contributed by atoms with van der Waals surface area (Å²) in [4.78, 5) is 31.3. The van der Waals surface area contributed by atoms with E-state index < -0.39 is 5.54 Å². The predicted molar refractivity (Wildman–Crippen MR) is 179 cm³/mol. The lowest BCUT2D eigenvalue weighted by molar-refractivity contribution is 0.0935. The van der Waals surface area contributed by atoms with Crippen molar-refractivity contribution in [2.75, 3.05) is 7.05 Å². The van der Waals surface area contributed by atoms with Crippen molar-refractivity contribution in [3.63, 3.8) is 0 Å². The Labute approximate surface area is 270 Å². The van der Waals surface area contributed by atoms with Gasteiger partial charge in [-0.25, -0.2) is 15.2 Å². The van der Waals surface area contributed by atoms with Crippen LogP contribution in [0, 0.1) is 12.7 Å². The van der Waals surface area contributed by atoms with Crippen molar-refractivity contribution in [3.8, 4) is 22.5 Å². The van der Waals surface area contributed by atoms with Crippen LogP contribution in [0.2, 0.25) is 5.02 Å². The molecule has 5 N–H and O–H groups in total. The monoisotopic (exact) mass is 635 g/mol. The molecule has 46 heavy (non-hydrogen) atoms. The SMILES string of the molecule is C=C(N=C(NN)c1ccccc1Cl)C1(NC(=O)c2ccc(C)c(-c3ccc4oc(-c5ccc(F)cc5)c(C(=O)NC)c4c3)c2)CC1. The van der Waals surface area contributed by atoms with Gasteiger partial charge in [0.2, 0.25) is 0 Å². The molecule has 1 aromatic heterocycles. The van der Waals surface area contributed by atoms with E-state index in [0.29, 0.717) is 68.4 Å². The third-order valence-corrected chi connectivity index (χ3v) is 8.56. The number of amidine groups is 1. The molecule has 1 fully saturated rings. The van der Waals surface area contributed by atoms with Gasteiger partial charge in [-0.2, -0.15) is 0 Å². The van der Waals surface area contributed by atoms with Gasteiger partial charge in [-0.15, -0.1) is 0 Å². The van der Waals surface area contributed by atoms with E-state index in [1.54, 1.807) is 43.4 Å². The number of rotatable bonds is 8. The molecule has 4 aromatic carbocycles. The number of fused-ring (bicyclic) bond motifs is 1. The minimum Gasteiger partial charge on any atom is -0.455 e. The van der Waals surface area contributed by atoms with Crippen molar-refractivity contribution < 1.29 is 18.4 Å². The second kappa shape index (κ2) is 12.3. The zero-order valence-corrected chi connectivity index (χ0v) is 26.0. The summed E-state index contributed by atoms with van der Waals surface area (Å²) < 4.78 is 19.7. The van der Waals surface area contributed by atoms with Crippen molar-refractivity contribution in [2.45, 2.75) is 25.3 Å². The highest BCUT2D eigenvalue weighted by Gasteiger charge is 2.47. The van der Waals surface area contributed by atoms with E-state index in [1.807, 2.05) is 43.3 Å². The number of halogens is 2. The molecule has 232 valence electrons. The zero-order valence-electron chi connectivity index (χ0n) is 25.2. The molecule has 1 heterocycles. The van der Waals surface area contributed by atoms with E-state index in [9.17, 15) is 14.0 Å².